The highest BCUT2D eigenvalue weighted by molar-refractivity contribution is 6.31. The van der Waals surface area contributed by atoms with E-state index >= 15 is 0 Å². The maximum atomic E-state index is 12.7. The molecular weight excluding hydrogens is 284 g/mol. The van der Waals surface area contributed by atoms with Crippen LogP contribution in [0.3, 0.4) is 0 Å². The molecule has 0 saturated carbocycles. The highest BCUT2D eigenvalue weighted by Gasteiger charge is 2.18. The van der Waals surface area contributed by atoms with Crippen LogP contribution in [0.1, 0.15) is 28.4 Å². The SMILES string of the molecule is CCN(Cc1ccccc1C)C(=O)c1cc(Cl)ccc1N. The van der Waals surface area contributed by atoms with E-state index in [4.69, 9.17) is 17.3 Å². The Labute approximate surface area is 130 Å². The average Bonchev–Trinajstić information content (AvgIpc) is 2.48. The van der Waals surface area contributed by atoms with Gasteiger partial charge in [0.25, 0.3) is 5.91 Å². The van der Waals surface area contributed by atoms with Crippen molar-refractivity contribution in [1.82, 2.24) is 4.90 Å². The van der Waals surface area contributed by atoms with Crippen molar-refractivity contribution in [3.63, 3.8) is 0 Å². The maximum Gasteiger partial charge on any atom is 0.256 e. The van der Waals surface area contributed by atoms with Crippen molar-refractivity contribution in [3.05, 3.63) is 64.2 Å². The van der Waals surface area contributed by atoms with Gasteiger partial charge in [0.2, 0.25) is 0 Å². The zero-order chi connectivity index (χ0) is 15.4. The Morgan fingerprint density at radius 3 is 2.62 bits per heavy atom. The molecule has 2 rings (SSSR count). The van der Waals surface area contributed by atoms with Crippen LogP contribution in [-0.4, -0.2) is 17.4 Å². The quantitative estimate of drug-likeness (QED) is 0.871. The first kappa shape index (κ1) is 15.4. The van der Waals surface area contributed by atoms with Crippen LogP contribution in [0.2, 0.25) is 5.02 Å². The second-order valence-corrected chi connectivity index (χ2v) is 5.41. The molecule has 0 heterocycles. The van der Waals surface area contributed by atoms with Crippen LogP contribution in [0.25, 0.3) is 0 Å². The maximum absolute atomic E-state index is 12.7. The molecule has 0 aliphatic carbocycles. The van der Waals surface area contributed by atoms with E-state index in [1.165, 1.54) is 5.56 Å². The van der Waals surface area contributed by atoms with E-state index < -0.39 is 0 Å². The number of hydrogen-bond acceptors (Lipinski definition) is 2. The monoisotopic (exact) mass is 302 g/mol. The third-order valence-corrected chi connectivity index (χ3v) is 3.77. The third-order valence-electron chi connectivity index (χ3n) is 3.54. The van der Waals surface area contributed by atoms with Crippen LogP contribution < -0.4 is 5.73 Å². The Hall–Kier alpha value is -2.00. The fourth-order valence-electron chi connectivity index (χ4n) is 2.20. The molecule has 21 heavy (non-hydrogen) atoms. The van der Waals surface area contributed by atoms with Crippen molar-refractivity contribution in [2.45, 2.75) is 20.4 Å². The summed E-state index contributed by atoms with van der Waals surface area (Å²) in [5.74, 6) is -0.0965. The number of hydrogen-bond donors (Lipinski definition) is 1. The highest BCUT2D eigenvalue weighted by Crippen LogP contribution is 2.21. The lowest BCUT2D eigenvalue weighted by atomic mass is 10.1. The number of carbonyl (C=O) groups is 1. The van der Waals surface area contributed by atoms with Gasteiger partial charge in [-0.25, -0.2) is 0 Å². The number of benzene rings is 2. The van der Waals surface area contributed by atoms with E-state index in [0.717, 1.165) is 5.56 Å². The summed E-state index contributed by atoms with van der Waals surface area (Å²) in [5.41, 5.74) is 9.11. The average molecular weight is 303 g/mol. The number of nitrogens with zero attached hydrogens (tertiary/aromatic N) is 1. The minimum atomic E-state index is -0.0965. The second kappa shape index (κ2) is 6.64. The smallest absolute Gasteiger partial charge is 0.256 e. The summed E-state index contributed by atoms with van der Waals surface area (Å²) < 4.78 is 0. The number of nitrogen functional groups attached to an aromatic ring is 1. The molecule has 0 aromatic heterocycles. The number of rotatable bonds is 4. The van der Waals surface area contributed by atoms with E-state index in [0.29, 0.717) is 29.4 Å². The summed E-state index contributed by atoms with van der Waals surface area (Å²) in [7, 11) is 0. The molecule has 2 N–H and O–H groups in total. The normalized spacial score (nSPS) is 10.4. The van der Waals surface area contributed by atoms with Crippen LogP contribution in [0.5, 0.6) is 0 Å². The molecule has 110 valence electrons. The summed E-state index contributed by atoms with van der Waals surface area (Å²) >= 11 is 5.97. The van der Waals surface area contributed by atoms with Gasteiger partial charge in [0.15, 0.2) is 0 Å². The van der Waals surface area contributed by atoms with Gasteiger partial charge in [0.05, 0.1) is 5.56 Å². The van der Waals surface area contributed by atoms with E-state index in [9.17, 15) is 4.79 Å². The predicted octanol–water partition coefficient (Wildman–Crippen LogP) is 3.89. The minimum absolute atomic E-state index is 0.0965. The molecule has 0 spiro atoms. The molecule has 0 unspecified atom stereocenters. The fourth-order valence-corrected chi connectivity index (χ4v) is 2.38. The van der Waals surface area contributed by atoms with Crippen molar-refractivity contribution in [3.8, 4) is 0 Å². The van der Waals surface area contributed by atoms with Crippen molar-refractivity contribution >= 4 is 23.2 Å². The zero-order valence-electron chi connectivity index (χ0n) is 12.3. The molecule has 0 fully saturated rings. The van der Waals surface area contributed by atoms with Gasteiger partial charge >= 0.3 is 0 Å². The third kappa shape index (κ3) is 3.56. The molecule has 4 heteroatoms. The van der Waals surface area contributed by atoms with Crippen molar-refractivity contribution in [2.75, 3.05) is 12.3 Å². The first-order valence-electron chi connectivity index (χ1n) is 6.91. The van der Waals surface area contributed by atoms with Gasteiger partial charge in [-0.05, 0) is 43.2 Å². The molecule has 0 aliphatic heterocycles. The number of anilines is 1. The first-order valence-corrected chi connectivity index (χ1v) is 7.29. The van der Waals surface area contributed by atoms with E-state index in [2.05, 4.69) is 0 Å². The van der Waals surface area contributed by atoms with E-state index in [1.54, 1.807) is 23.1 Å². The van der Waals surface area contributed by atoms with Crippen LogP contribution in [0.4, 0.5) is 5.69 Å². The van der Waals surface area contributed by atoms with Gasteiger partial charge in [-0.3, -0.25) is 4.79 Å². The van der Waals surface area contributed by atoms with Gasteiger partial charge in [0, 0.05) is 23.8 Å². The van der Waals surface area contributed by atoms with E-state index in [-0.39, 0.29) is 5.91 Å². The molecule has 2 aromatic carbocycles. The Morgan fingerprint density at radius 1 is 1.24 bits per heavy atom. The molecule has 0 atom stereocenters. The zero-order valence-corrected chi connectivity index (χ0v) is 13.0. The summed E-state index contributed by atoms with van der Waals surface area (Å²) in [4.78, 5) is 14.4. The van der Waals surface area contributed by atoms with Crippen LogP contribution >= 0.6 is 11.6 Å². The Bertz CT molecular complexity index is 655. The Morgan fingerprint density at radius 2 is 1.95 bits per heavy atom. The number of amides is 1. The Balaban J connectivity index is 2.27. The van der Waals surface area contributed by atoms with Gasteiger partial charge in [0.1, 0.15) is 0 Å². The molecule has 2 aromatic rings. The van der Waals surface area contributed by atoms with Crippen LogP contribution in [-0.2, 0) is 6.54 Å². The van der Waals surface area contributed by atoms with Gasteiger partial charge < -0.3 is 10.6 Å². The number of nitrogens with two attached hydrogens (primary N) is 1. The summed E-state index contributed by atoms with van der Waals surface area (Å²) in [6.45, 7) is 5.17. The first-order chi connectivity index (χ1) is 10.0. The summed E-state index contributed by atoms with van der Waals surface area (Å²) in [6.07, 6.45) is 0. The molecular formula is C17H19ClN2O. The lowest BCUT2D eigenvalue weighted by molar-refractivity contribution is 0.0753. The van der Waals surface area contributed by atoms with Crippen molar-refractivity contribution in [1.29, 1.82) is 0 Å². The van der Waals surface area contributed by atoms with Crippen LogP contribution in [0.15, 0.2) is 42.5 Å². The van der Waals surface area contributed by atoms with Gasteiger partial charge in [-0.2, -0.15) is 0 Å². The number of halogens is 1. The number of carbonyl (C=O) groups excluding carboxylic acids is 1. The molecule has 3 nitrogen and oxygen atoms in total. The van der Waals surface area contributed by atoms with Gasteiger partial charge in [-0.1, -0.05) is 35.9 Å². The molecule has 0 aliphatic rings. The molecule has 0 saturated heterocycles. The van der Waals surface area contributed by atoms with E-state index in [1.807, 2.05) is 38.1 Å². The summed E-state index contributed by atoms with van der Waals surface area (Å²) in [6, 6.07) is 13.0. The highest BCUT2D eigenvalue weighted by atomic mass is 35.5. The fraction of sp³-hybridized carbons (Fsp3) is 0.235. The lowest BCUT2D eigenvalue weighted by Gasteiger charge is -2.23. The molecule has 0 radical (unpaired) electrons. The van der Waals surface area contributed by atoms with Crippen molar-refractivity contribution in [2.24, 2.45) is 0 Å². The predicted molar refractivity (Wildman–Crippen MR) is 87.5 cm³/mol. The largest absolute Gasteiger partial charge is 0.398 e. The second-order valence-electron chi connectivity index (χ2n) is 4.98. The van der Waals surface area contributed by atoms with Crippen molar-refractivity contribution < 1.29 is 4.79 Å². The van der Waals surface area contributed by atoms with Gasteiger partial charge in [-0.15, -0.1) is 0 Å². The van der Waals surface area contributed by atoms with Crippen LogP contribution in [0, 0.1) is 6.92 Å². The standard InChI is InChI=1S/C17H19ClN2O/c1-3-20(11-13-7-5-4-6-12(13)2)17(21)15-10-14(18)8-9-16(15)19/h4-10H,3,11,19H2,1-2H3. The molecule has 1 amide bonds. The number of aryl methyl sites for hydroxylation is 1. The summed E-state index contributed by atoms with van der Waals surface area (Å²) in [5, 5.41) is 0.513. The topological polar surface area (TPSA) is 46.3 Å². The lowest BCUT2D eigenvalue weighted by Crippen LogP contribution is -2.31. The Kier molecular flexibility index (Phi) is 4.86. The minimum Gasteiger partial charge on any atom is -0.398 e. The molecule has 0 bridgehead atoms.